The van der Waals surface area contributed by atoms with Gasteiger partial charge in [0.05, 0.1) is 6.10 Å². The van der Waals surface area contributed by atoms with Crippen LogP contribution in [-0.2, 0) is 9.47 Å². The second kappa shape index (κ2) is 9.42. The molecule has 2 unspecified atom stereocenters. The molecule has 0 bridgehead atoms. The van der Waals surface area contributed by atoms with Crippen molar-refractivity contribution in [1.29, 1.82) is 0 Å². The number of rotatable bonds is 7. The fraction of sp³-hybridized carbons (Fsp3) is 0.846. The van der Waals surface area contributed by atoms with Crippen LogP contribution in [0.4, 0.5) is 0 Å². The normalized spacial score (nSPS) is 23.8. The van der Waals surface area contributed by atoms with E-state index in [2.05, 4.69) is 39.7 Å². The summed E-state index contributed by atoms with van der Waals surface area (Å²) in [6.07, 6.45) is 10.8. The molecular formula is C13H23IO2. The van der Waals surface area contributed by atoms with Crippen LogP contribution < -0.4 is 0 Å². The average molecular weight is 338 g/mol. The molecule has 1 aliphatic rings. The van der Waals surface area contributed by atoms with Gasteiger partial charge in [-0.2, -0.15) is 0 Å². The Morgan fingerprint density at radius 1 is 1.44 bits per heavy atom. The van der Waals surface area contributed by atoms with Crippen LogP contribution in [-0.4, -0.2) is 19.0 Å². The maximum atomic E-state index is 5.96. The second-order valence-electron chi connectivity index (χ2n) is 4.28. The van der Waals surface area contributed by atoms with E-state index in [1.165, 1.54) is 32.1 Å². The van der Waals surface area contributed by atoms with E-state index in [9.17, 15) is 0 Å². The smallest absolute Gasteiger partial charge is 0.158 e. The zero-order valence-electron chi connectivity index (χ0n) is 10.2. The van der Waals surface area contributed by atoms with E-state index in [1.54, 1.807) is 0 Å². The predicted molar refractivity (Wildman–Crippen MR) is 75.8 cm³/mol. The van der Waals surface area contributed by atoms with Gasteiger partial charge in [0, 0.05) is 6.61 Å². The first kappa shape index (κ1) is 14.5. The Morgan fingerprint density at radius 2 is 2.31 bits per heavy atom. The van der Waals surface area contributed by atoms with Crippen molar-refractivity contribution in [3.8, 4) is 0 Å². The second-order valence-corrected chi connectivity index (χ2v) is 5.00. The van der Waals surface area contributed by atoms with Gasteiger partial charge in [0.2, 0.25) is 0 Å². The van der Waals surface area contributed by atoms with Gasteiger partial charge in [-0.3, -0.25) is 0 Å². The first-order valence-corrected chi connectivity index (χ1v) is 7.65. The Bertz CT molecular complexity index is 188. The molecule has 1 fully saturated rings. The topological polar surface area (TPSA) is 18.5 Å². The Hall–Kier alpha value is 0.390. The summed E-state index contributed by atoms with van der Waals surface area (Å²) in [5, 5.41) is 0. The number of halogens is 1. The third kappa shape index (κ3) is 6.21. The van der Waals surface area contributed by atoms with Gasteiger partial charge in [-0.15, -0.1) is 0 Å². The fourth-order valence-corrected chi connectivity index (χ4v) is 2.36. The average Bonchev–Trinajstić information content (AvgIpc) is 2.31. The van der Waals surface area contributed by atoms with Crippen molar-refractivity contribution in [3.63, 3.8) is 0 Å². The van der Waals surface area contributed by atoms with Crippen molar-refractivity contribution >= 4 is 22.6 Å². The van der Waals surface area contributed by atoms with Crippen LogP contribution >= 0.6 is 22.6 Å². The Kier molecular flexibility index (Phi) is 8.51. The van der Waals surface area contributed by atoms with Crippen LogP contribution in [0, 0.1) is 0 Å². The molecule has 0 N–H and O–H groups in total. The SMILES string of the molecule is CCCCCC(/C=C/I)OC1CCCCO1. The van der Waals surface area contributed by atoms with Gasteiger partial charge in [0.1, 0.15) is 0 Å². The predicted octanol–water partition coefficient (Wildman–Crippen LogP) is 4.43. The first-order valence-electron chi connectivity index (χ1n) is 6.40. The molecule has 1 saturated heterocycles. The molecular weight excluding hydrogens is 315 g/mol. The molecule has 3 heteroatoms. The van der Waals surface area contributed by atoms with Crippen LogP contribution in [0.15, 0.2) is 10.2 Å². The lowest BCUT2D eigenvalue weighted by Gasteiger charge is -2.26. The van der Waals surface area contributed by atoms with Crippen molar-refractivity contribution in [1.82, 2.24) is 0 Å². The summed E-state index contributed by atoms with van der Waals surface area (Å²) in [5.74, 6) is 0. The van der Waals surface area contributed by atoms with Crippen molar-refractivity contribution in [2.75, 3.05) is 6.61 Å². The Labute approximate surface area is 113 Å². The van der Waals surface area contributed by atoms with E-state index in [4.69, 9.17) is 9.47 Å². The van der Waals surface area contributed by atoms with Gasteiger partial charge in [0.15, 0.2) is 6.29 Å². The molecule has 0 amide bonds. The fourth-order valence-electron chi connectivity index (χ4n) is 1.90. The van der Waals surface area contributed by atoms with Crippen LogP contribution in [0.2, 0.25) is 0 Å². The third-order valence-electron chi connectivity index (χ3n) is 2.84. The van der Waals surface area contributed by atoms with E-state index >= 15 is 0 Å². The largest absolute Gasteiger partial charge is 0.353 e. The van der Waals surface area contributed by atoms with E-state index < -0.39 is 0 Å². The standard InChI is InChI=1S/C13H23IO2/c1-2-3-4-7-12(9-10-14)16-13-8-5-6-11-15-13/h9-10,12-13H,2-8,11H2,1H3/b10-9+. The molecule has 16 heavy (non-hydrogen) atoms. The zero-order valence-corrected chi connectivity index (χ0v) is 12.3. The molecule has 94 valence electrons. The van der Waals surface area contributed by atoms with E-state index in [-0.39, 0.29) is 12.4 Å². The minimum atomic E-state index is 0.0352. The molecule has 0 spiro atoms. The molecule has 0 aromatic carbocycles. The van der Waals surface area contributed by atoms with Gasteiger partial charge < -0.3 is 9.47 Å². The lowest BCUT2D eigenvalue weighted by Crippen LogP contribution is -2.27. The molecule has 2 atom stereocenters. The molecule has 0 radical (unpaired) electrons. The third-order valence-corrected chi connectivity index (χ3v) is 3.26. The number of unbranched alkanes of at least 4 members (excludes halogenated alkanes) is 2. The summed E-state index contributed by atoms with van der Waals surface area (Å²) in [6.45, 7) is 3.09. The van der Waals surface area contributed by atoms with E-state index in [0.717, 1.165) is 19.4 Å². The van der Waals surface area contributed by atoms with Crippen molar-refractivity contribution in [3.05, 3.63) is 10.2 Å². The maximum absolute atomic E-state index is 5.96. The van der Waals surface area contributed by atoms with Crippen LogP contribution in [0.25, 0.3) is 0 Å². The number of hydrogen-bond donors (Lipinski definition) is 0. The van der Waals surface area contributed by atoms with E-state index in [1.807, 2.05) is 0 Å². The van der Waals surface area contributed by atoms with Gasteiger partial charge in [-0.05, 0) is 35.8 Å². The van der Waals surface area contributed by atoms with E-state index in [0.29, 0.717) is 0 Å². The highest BCUT2D eigenvalue weighted by Gasteiger charge is 2.17. The summed E-state index contributed by atoms with van der Waals surface area (Å²) >= 11 is 2.26. The lowest BCUT2D eigenvalue weighted by molar-refractivity contribution is -0.179. The van der Waals surface area contributed by atoms with Crippen LogP contribution in [0.5, 0.6) is 0 Å². The van der Waals surface area contributed by atoms with Crippen LogP contribution in [0.3, 0.4) is 0 Å². The summed E-state index contributed by atoms with van der Waals surface area (Å²) in [6, 6.07) is 0. The van der Waals surface area contributed by atoms with Crippen molar-refractivity contribution in [2.45, 2.75) is 64.3 Å². The number of hydrogen-bond acceptors (Lipinski definition) is 2. The minimum Gasteiger partial charge on any atom is -0.353 e. The quantitative estimate of drug-likeness (QED) is 0.505. The molecule has 1 aliphatic heterocycles. The highest BCUT2D eigenvalue weighted by Crippen LogP contribution is 2.18. The molecule has 0 saturated carbocycles. The monoisotopic (exact) mass is 338 g/mol. The zero-order chi connectivity index (χ0) is 11.6. The highest BCUT2D eigenvalue weighted by molar-refractivity contribution is 14.1. The van der Waals surface area contributed by atoms with Gasteiger partial charge in [-0.1, -0.05) is 48.8 Å². The van der Waals surface area contributed by atoms with Gasteiger partial charge >= 0.3 is 0 Å². The summed E-state index contributed by atoms with van der Waals surface area (Å²) in [4.78, 5) is 0. The molecule has 2 nitrogen and oxygen atoms in total. The van der Waals surface area contributed by atoms with Gasteiger partial charge in [-0.25, -0.2) is 0 Å². The molecule has 1 rings (SSSR count). The molecule has 0 aliphatic carbocycles. The van der Waals surface area contributed by atoms with Crippen molar-refractivity contribution in [2.24, 2.45) is 0 Å². The highest BCUT2D eigenvalue weighted by atomic mass is 127. The Balaban J connectivity index is 2.25. The molecule has 0 aromatic rings. The lowest BCUT2D eigenvalue weighted by atomic mass is 10.1. The number of ether oxygens (including phenoxy) is 2. The first-order chi connectivity index (χ1) is 7.86. The van der Waals surface area contributed by atoms with Crippen molar-refractivity contribution < 1.29 is 9.47 Å². The van der Waals surface area contributed by atoms with Crippen LogP contribution in [0.1, 0.15) is 51.9 Å². The Morgan fingerprint density at radius 3 is 2.94 bits per heavy atom. The summed E-state index contributed by atoms with van der Waals surface area (Å²) in [7, 11) is 0. The summed E-state index contributed by atoms with van der Waals surface area (Å²) in [5.41, 5.74) is 0. The molecule has 1 heterocycles. The minimum absolute atomic E-state index is 0.0352. The van der Waals surface area contributed by atoms with Gasteiger partial charge in [0.25, 0.3) is 0 Å². The maximum Gasteiger partial charge on any atom is 0.158 e. The molecule has 0 aromatic heterocycles. The summed E-state index contributed by atoms with van der Waals surface area (Å²) < 4.78 is 13.6.